The number of rotatable bonds is 6. The number of ether oxygens (including phenoxy) is 2. The maximum absolute atomic E-state index is 12.2. The normalized spacial score (nSPS) is 10.6. The Morgan fingerprint density at radius 2 is 0.781 bits per heavy atom. The third kappa shape index (κ3) is 5.21. The van der Waals surface area contributed by atoms with Gasteiger partial charge in [0.2, 0.25) is 0 Å². The van der Waals surface area contributed by atoms with Crippen LogP contribution in [0, 0.1) is 0 Å². The van der Waals surface area contributed by atoms with Crippen molar-refractivity contribution in [2.75, 3.05) is 0 Å². The summed E-state index contributed by atoms with van der Waals surface area (Å²) in [7, 11) is 0. The molecule has 0 aliphatic rings. The molecular formula is C27H24N2O3. The van der Waals surface area contributed by atoms with Crippen molar-refractivity contribution in [1.29, 1.82) is 0 Å². The fourth-order valence-electron chi connectivity index (χ4n) is 3.31. The van der Waals surface area contributed by atoms with Crippen LogP contribution < -0.4 is 20.9 Å². The molecular weight excluding hydrogens is 400 g/mol. The lowest BCUT2D eigenvalue weighted by Crippen LogP contribution is -2.13. The molecule has 5 heteroatoms. The number of hydrogen-bond donors (Lipinski definition) is 2. The van der Waals surface area contributed by atoms with Gasteiger partial charge in [-0.1, -0.05) is 72.8 Å². The molecule has 5 nitrogen and oxygen atoms in total. The van der Waals surface area contributed by atoms with Crippen LogP contribution in [0.1, 0.15) is 11.1 Å². The van der Waals surface area contributed by atoms with Gasteiger partial charge < -0.3 is 20.9 Å². The van der Waals surface area contributed by atoms with E-state index >= 15 is 0 Å². The molecule has 4 aromatic carbocycles. The third-order valence-electron chi connectivity index (χ3n) is 5.16. The Morgan fingerprint density at radius 3 is 1.06 bits per heavy atom. The van der Waals surface area contributed by atoms with E-state index in [-0.39, 0.29) is 0 Å². The molecule has 0 spiro atoms. The average molecular weight is 425 g/mol. The summed E-state index contributed by atoms with van der Waals surface area (Å²) < 4.78 is 10.6. The predicted molar refractivity (Wildman–Crippen MR) is 126 cm³/mol. The van der Waals surface area contributed by atoms with E-state index in [1.54, 1.807) is 24.3 Å². The number of carbonyl (C=O) groups excluding carboxylic acids is 1. The summed E-state index contributed by atoms with van der Waals surface area (Å²) in [6, 6.07) is 30.6. The van der Waals surface area contributed by atoms with Crippen molar-refractivity contribution in [1.82, 2.24) is 0 Å². The lowest BCUT2D eigenvalue weighted by atomic mass is 10.0. The molecule has 0 atom stereocenters. The average Bonchev–Trinajstić information content (AvgIpc) is 2.85. The molecule has 160 valence electrons. The van der Waals surface area contributed by atoms with Crippen LogP contribution in [0.5, 0.6) is 11.5 Å². The topological polar surface area (TPSA) is 87.6 Å². The Kier molecular flexibility index (Phi) is 6.60. The predicted octanol–water partition coefficient (Wildman–Crippen LogP) is 5.52. The molecule has 0 unspecified atom stereocenters. The smallest absolute Gasteiger partial charge is 0.395 e. The molecule has 0 bridgehead atoms. The van der Waals surface area contributed by atoms with Crippen molar-refractivity contribution < 1.29 is 14.3 Å². The van der Waals surface area contributed by atoms with Crippen LogP contribution in [0.4, 0.5) is 4.79 Å². The molecule has 4 aromatic rings. The van der Waals surface area contributed by atoms with Crippen molar-refractivity contribution in [2.45, 2.75) is 13.1 Å². The van der Waals surface area contributed by atoms with Gasteiger partial charge in [-0.25, -0.2) is 4.79 Å². The van der Waals surface area contributed by atoms with E-state index in [9.17, 15) is 4.79 Å². The quantitative estimate of drug-likeness (QED) is 0.314. The maximum Gasteiger partial charge on any atom is 0.519 e. The lowest BCUT2D eigenvalue weighted by molar-refractivity contribution is 0.152. The highest BCUT2D eigenvalue weighted by molar-refractivity contribution is 5.70. The summed E-state index contributed by atoms with van der Waals surface area (Å²) in [5, 5.41) is 0. The lowest BCUT2D eigenvalue weighted by Gasteiger charge is -2.08. The molecule has 0 aliphatic heterocycles. The van der Waals surface area contributed by atoms with Crippen LogP contribution >= 0.6 is 0 Å². The minimum absolute atomic E-state index is 0.411. The number of benzene rings is 4. The van der Waals surface area contributed by atoms with E-state index < -0.39 is 6.16 Å². The first-order valence-corrected chi connectivity index (χ1v) is 10.3. The summed E-state index contributed by atoms with van der Waals surface area (Å²) in [6.45, 7) is 1.03. The standard InChI is InChI=1S/C27H24N2O3/c28-17-19-1-5-21(6-2-19)23-9-13-25(14-10-23)31-27(30)32-26-15-11-24(12-16-26)22-7-3-20(18-29)4-8-22/h1-16H,17-18,28-29H2. The fourth-order valence-corrected chi connectivity index (χ4v) is 3.31. The van der Waals surface area contributed by atoms with Crippen molar-refractivity contribution in [3.63, 3.8) is 0 Å². The van der Waals surface area contributed by atoms with Gasteiger partial charge in [0.1, 0.15) is 11.5 Å². The fraction of sp³-hybridized carbons (Fsp3) is 0.0741. The van der Waals surface area contributed by atoms with Gasteiger partial charge in [0.15, 0.2) is 0 Å². The minimum Gasteiger partial charge on any atom is -0.395 e. The Balaban J connectivity index is 1.35. The summed E-state index contributed by atoms with van der Waals surface area (Å²) in [5.41, 5.74) is 17.6. The van der Waals surface area contributed by atoms with E-state index in [1.807, 2.05) is 72.8 Å². The third-order valence-corrected chi connectivity index (χ3v) is 5.16. The van der Waals surface area contributed by atoms with Gasteiger partial charge in [-0.05, 0) is 57.6 Å². The molecule has 32 heavy (non-hydrogen) atoms. The van der Waals surface area contributed by atoms with Crippen LogP contribution in [0.3, 0.4) is 0 Å². The van der Waals surface area contributed by atoms with Crippen LogP contribution in [-0.2, 0) is 13.1 Å². The summed E-state index contributed by atoms with van der Waals surface area (Å²) >= 11 is 0. The Bertz CT molecular complexity index is 1070. The highest BCUT2D eigenvalue weighted by Crippen LogP contribution is 2.25. The van der Waals surface area contributed by atoms with Gasteiger partial charge in [0, 0.05) is 13.1 Å². The van der Waals surface area contributed by atoms with Crippen LogP contribution in [0.15, 0.2) is 97.1 Å². The molecule has 4 N–H and O–H groups in total. The highest BCUT2D eigenvalue weighted by Gasteiger charge is 2.09. The molecule has 4 rings (SSSR count). The minimum atomic E-state index is -0.787. The van der Waals surface area contributed by atoms with Gasteiger partial charge in [-0.15, -0.1) is 0 Å². The van der Waals surface area contributed by atoms with Crippen molar-refractivity contribution in [3.05, 3.63) is 108 Å². The molecule has 0 saturated heterocycles. The van der Waals surface area contributed by atoms with E-state index in [2.05, 4.69) is 0 Å². The monoisotopic (exact) mass is 424 g/mol. The van der Waals surface area contributed by atoms with Gasteiger partial charge >= 0.3 is 6.16 Å². The number of nitrogens with two attached hydrogens (primary N) is 2. The second-order valence-corrected chi connectivity index (χ2v) is 7.30. The first-order valence-electron chi connectivity index (χ1n) is 10.3. The van der Waals surface area contributed by atoms with Crippen molar-refractivity contribution in [2.24, 2.45) is 11.5 Å². The molecule has 0 saturated carbocycles. The van der Waals surface area contributed by atoms with Crippen molar-refractivity contribution >= 4 is 6.16 Å². The summed E-state index contributed by atoms with van der Waals surface area (Å²) in [6.07, 6.45) is -0.787. The van der Waals surface area contributed by atoms with Crippen LogP contribution in [-0.4, -0.2) is 6.16 Å². The summed E-state index contributed by atoms with van der Waals surface area (Å²) in [4.78, 5) is 12.2. The number of carbonyl (C=O) groups is 1. The molecule has 0 aliphatic carbocycles. The second kappa shape index (κ2) is 9.92. The van der Waals surface area contributed by atoms with Crippen LogP contribution in [0.2, 0.25) is 0 Å². The second-order valence-electron chi connectivity index (χ2n) is 7.30. The SMILES string of the molecule is NCc1ccc(-c2ccc(OC(=O)Oc3ccc(-c4ccc(CN)cc4)cc3)cc2)cc1. The van der Waals surface area contributed by atoms with Gasteiger partial charge in [-0.2, -0.15) is 0 Å². The van der Waals surface area contributed by atoms with E-state index in [4.69, 9.17) is 20.9 Å². The van der Waals surface area contributed by atoms with E-state index in [0.29, 0.717) is 24.6 Å². The Hall–Kier alpha value is -3.93. The zero-order valence-electron chi connectivity index (χ0n) is 17.5. The van der Waals surface area contributed by atoms with Gasteiger partial charge in [0.25, 0.3) is 0 Å². The zero-order valence-corrected chi connectivity index (χ0v) is 17.5. The van der Waals surface area contributed by atoms with Gasteiger partial charge in [0.05, 0.1) is 0 Å². The maximum atomic E-state index is 12.2. The zero-order chi connectivity index (χ0) is 22.3. The Labute approximate surface area is 187 Å². The molecule has 0 radical (unpaired) electrons. The van der Waals surface area contributed by atoms with E-state index in [1.165, 1.54) is 0 Å². The van der Waals surface area contributed by atoms with Crippen LogP contribution in [0.25, 0.3) is 22.3 Å². The molecule has 0 amide bonds. The first kappa shape index (κ1) is 21.3. The van der Waals surface area contributed by atoms with Gasteiger partial charge in [-0.3, -0.25) is 0 Å². The van der Waals surface area contributed by atoms with Crippen molar-refractivity contribution in [3.8, 4) is 33.8 Å². The highest BCUT2D eigenvalue weighted by atomic mass is 16.7. The molecule has 0 heterocycles. The molecule has 0 fully saturated rings. The molecule has 0 aromatic heterocycles. The summed E-state index contributed by atoms with van der Waals surface area (Å²) in [5.74, 6) is 0.822. The first-order chi connectivity index (χ1) is 15.6. The van der Waals surface area contributed by atoms with E-state index in [0.717, 1.165) is 33.4 Å². The number of hydrogen-bond acceptors (Lipinski definition) is 5. The Morgan fingerprint density at radius 1 is 0.500 bits per heavy atom. The largest absolute Gasteiger partial charge is 0.519 e.